The van der Waals surface area contributed by atoms with E-state index in [-0.39, 0.29) is 6.03 Å². The highest BCUT2D eigenvalue weighted by molar-refractivity contribution is 6.30. The van der Waals surface area contributed by atoms with Crippen molar-refractivity contribution in [3.63, 3.8) is 0 Å². The molecule has 152 valence electrons. The molecule has 2 amide bonds. The Balaban J connectivity index is 1.72. The Kier molecular flexibility index (Phi) is 7.53. The van der Waals surface area contributed by atoms with Crippen LogP contribution in [0, 0.1) is 0 Å². The first-order chi connectivity index (χ1) is 14.2. The van der Waals surface area contributed by atoms with Gasteiger partial charge in [0, 0.05) is 41.8 Å². The molecule has 0 bridgehead atoms. The van der Waals surface area contributed by atoms with Crippen molar-refractivity contribution in [3.05, 3.63) is 77.8 Å². The van der Waals surface area contributed by atoms with Crippen LogP contribution in [0.5, 0.6) is 5.75 Å². The quantitative estimate of drug-likeness (QED) is 0.534. The molecule has 0 aliphatic carbocycles. The highest BCUT2D eigenvalue weighted by Gasteiger charge is 2.16. The number of aryl methyl sites for hydroxylation is 1. The number of ether oxygens (including phenoxy) is 1. The fourth-order valence-corrected chi connectivity index (χ4v) is 3.21. The van der Waals surface area contributed by atoms with E-state index in [1.807, 2.05) is 54.1 Å². The van der Waals surface area contributed by atoms with Gasteiger partial charge in [0.1, 0.15) is 5.75 Å². The van der Waals surface area contributed by atoms with Crippen LogP contribution in [0.15, 0.2) is 67.3 Å². The predicted octanol–water partition coefficient (Wildman–Crippen LogP) is 5.06. The number of rotatable bonds is 9. The maximum absolute atomic E-state index is 13.0. The van der Waals surface area contributed by atoms with Gasteiger partial charge in [-0.1, -0.05) is 35.9 Å². The van der Waals surface area contributed by atoms with E-state index in [4.69, 9.17) is 16.3 Å². The molecule has 1 heterocycles. The van der Waals surface area contributed by atoms with E-state index in [9.17, 15) is 4.79 Å². The summed E-state index contributed by atoms with van der Waals surface area (Å²) in [6.07, 6.45) is 6.25. The lowest BCUT2D eigenvalue weighted by Crippen LogP contribution is -2.35. The summed E-state index contributed by atoms with van der Waals surface area (Å²) in [7, 11) is 0. The van der Waals surface area contributed by atoms with Crippen molar-refractivity contribution >= 4 is 23.3 Å². The van der Waals surface area contributed by atoms with Gasteiger partial charge in [-0.15, -0.1) is 0 Å². The van der Waals surface area contributed by atoms with Gasteiger partial charge in [-0.2, -0.15) is 0 Å². The number of urea groups is 1. The van der Waals surface area contributed by atoms with E-state index in [0.717, 1.165) is 24.3 Å². The van der Waals surface area contributed by atoms with Gasteiger partial charge in [-0.05, 0) is 37.6 Å². The van der Waals surface area contributed by atoms with Gasteiger partial charge >= 0.3 is 6.03 Å². The van der Waals surface area contributed by atoms with Crippen molar-refractivity contribution in [1.29, 1.82) is 0 Å². The summed E-state index contributed by atoms with van der Waals surface area (Å²) in [4.78, 5) is 18.8. The number of carbonyl (C=O) groups excluding carboxylic acids is 1. The number of carbonyl (C=O) groups is 1. The summed E-state index contributed by atoms with van der Waals surface area (Å²) in [6.45, 7) is 4.35. The predicted molar refractivity (Wildman–Crippen MR) is 115 cm³/mol. The molecule has 1 N–H and O–H groups in total. The van der Waals surface area contributed by atoms with Crippen molar-refractivity contribution in [2.75, 3.05) is 18.5 Å². The minimum Gasteiger partial charge on any atom is -0.494 e. The van der Waals surface area contributed by atoms with Crippen molar-refractivity contribution in [1.82, 2.24) is 14.5 Å². The second kappa shape index (κ2) is 10.5. The average molecular weight is 413 g/mol. The number of amides is 2. The molecule has 3 rings (SSSR count). The fourth-order valence-electron chi connectivity index (χ4n) is 3.02. The van der Waals surface area contributed by atoms with Gasteiger partial charge in [0.25, 0.3) is 0 Å². The number of benzene rings is 2. The number of anilines is 1. The number of nitrogens with one attached hydrogen (secondary N) is 1. The smallest absolute Gasteiger partial charge is 0.322 e. The monoisotopic (exact) mass is 412 g/mol. The molecule has 1 aromatic heterocycles. The van der Waals surface area contributed by atoms with Crippen LogP contribution in [0.25, 0.3) is 0 Å². The molecule has 0 aliphatic heterocycles. The summed E-state index contributed by atoms with van der Waals surface area (Å²) < 4.78 is 7.73. The van der Waals surface area contributed by atoms with E-state index in [1.165, 1.54) is 0 Å². The largest absolute Gasteiger partial charge is 0.494 e. The molecule has 0 fully saturated rings. The normalized spacial score (nSPS) is 10.6. The topological polar surface area (TPSA) is 59.4 Å². The van der Waals surface area contributed by atoms with Crippen molar-refractivity contribution in [2.45, 2.75) is 26.4 Å². The lowest BCUT2D eigenvalue weighted by atomic mass is 10.2. The fraction of sp³-hybridized carbons (Fsp3) is 0.273. The lowest BCUT2D eigenvalue weighted by Gasteiger charge is -2.24. The maximum Gasteiger partial charge on any atom is 0.322 e. The van der Waals surface area contributed by atoms with Crippen molar-refractivity contribution in [2.24, 2.45) is 0 Å². The van der Waals surface area contributed by atoms with Crippen LogP contribution in [0.1, 0.15) is 18.9 Å². The average Bonchev–Trinajstić information content (AvgIpc) is 3.22. The van der Waals surface area contributed by atoms with Crippen LogP contribution < -0.4 is 10.1 Å². The number of hydrogen-bond donors (Lipinski definition) is 1. The highest BCUT2D eigenvalue weighted by atomic mass is 35.5. The van der Waals surface area contributed by atoms with Crippen molar-refractivity contribution in [3.8, 4) is 5.75 Å². The molecule has 0 aliphatic rings. The molecule has 2 aromatic carbocycles. The third kappa shape index (κ3) is 6.26. The van der Waals surface area contributed by atoms with Gasteiger partial charge in [0.05, 0.1) is 19.5 Å². The van der Waals surface area contributed by atoms with E-state index < -0.39 is 0 Å². The number of aromatic nitrogens is 2. The second-order valence-electron chi connectivity index (χ2n) is 6.56. The molecule has 0 atom stereocenters. The molecule has 0 unspecified atom stereocenters. The summed E-state index contributed by atoms with van der Waals surface area (Å²) in [5.41, 5.74) is 1.64. The standard InChI is InChI=1S/C22H25ClN4O2/c1-2-29-21-10-4-3-7-18(21)16-27(13-6-12-26-14-11-24-17-26)22(28)25-20-9-5-8-19(23)15-20/h3-5,7-11,14-15,17H,2,6,12-13,16H2,1H3,(H,25,28). The maximum atomic E-state index is 13.0. The lowest BCUT2D eigenvalue weighted by molar-refractivity contribution is 0.206. The van der Waals surface area contributed by atoms with Crippen molar-refractivity contribution < 1.29 is 9.53 Å². The van der Waals surface area contributed by atoms with Gasteiger partial charge in [0.15, 0.2) is 0 Å². The summed E-state index contributed by atoms with van der Waals surface area (Å²) >= 11 is 6.04. The molecule has 3 aromatic rings. The van der Waals surface area contributed by atoms with Crippen LogP contribution in [0.3, 0.4) is 0 Å². The number of hydrogen-bond acceptors (Lipinski definition) is 3. The van der Waals surface area contributed by atoms with Crippen LogP contribution >= 0.6 is 11.6 Å². The third-order valence-corrected chi connectivity index (χ3v) is 4.64. The Morgan fingerprint density at radius 2 is 2.10 bits per heavy atom. The zero-order valence-electron chi connectivity index (χ0n) is 16.4. The first-order valence-corrected chi connectivity index (χ1v) is 10.0. The Labute approximate surface area is 176 Å². The number of imidazole rings is 1. The number of para-hydroxylation sites is 1. The Hall–Kier alpha value is -2.99. The summed E-state index contributed by atoms with van der Waals surface area (Å²) in [6, 6.07) is 14.8. The zero-order valence-corrected chi connectivity index (χ0v) is 17.2. The minimum absolute atomic E-state index is 0.177. The van der Waals surface area contributed by atoms with Gasteiger partial charge < -0.3 is 19.5 Å². The summed E-state index contributed by atoms with van der Waals surface area (Å²) in [5, 5.41) is 3.52. The Bertz CT molecular complexity index is 915. The molecule has 29 heavy (non-hydrogen) atoms. The highest BCUT2D eigenvalue weighted by Crippen LogP contribution is 2.21. The van der Waals surface area contributed by atoms with Crippen LogP contribution in [0.2, 0.25) is 5.02 Å². The van der Waals surface area contributed by atoms with E-state index in [2.05, 4.69) is 10.3 Å². The van der Waals surface area contributed by atoms with Crippen LogP contribution in [0.4, 0.5) is 10.5 Å². The zero-order chi connectivity index (χ0) is 20.5. The number of halogens is 1. The van der Waals surface area contributed by atoms with Gasteiger partial charge in [-0.25, -0.2) is 9.78 Å². The minimum atomic E-state index is -0.177. The molecule has 0 spiro atoms. The molecule has 0 radical (unpaired) electrons. The SMILES string of the molecule is CCOc1ccccc1CN(CCCn1ccnc1)C(=O)Nc1cccc(Cl)c1. The van der Waals surface area contributed by atoms with E-state index in [0.29, 0.717) is 30.4 Å². The third-order valence-electron chi connectivity index (χ3n) is 4.40. The van der Waals surface area contributed by atoms with E-state index in [1.54, 1.807) is 29.6 Å². The first-order valence-electron chi connectivity index (χ1n) is 9.63. The molecular weight excluding hydrogens is 388 g/mol. The number of nitrogens with zero attached hydrogens (tertiary/aromatic N) is 3. The molecule has 0 saturated heterocycles. The molecule has 0 saturated carbocycles. The van der Waals surface area contributed by atoms with Crippen LogP contribution in [-0.4, -0.2) is 33.6 Å². The Morgan fingerprint density at radius 1 is 1.24 bits per heavy atom. The van der Waals surface area contributed by atoms with E-state index >= 15 is 0 Å². The van der Waals surface area contributed by atoms with Crippen LogP contribution in [-0.2, 0) is 13.1 Å². The van der Waals surface area contributed by atoms with Gasteiger partial charge in [0.2, 0.25) is 0 Å². The molecule has 6 nitrogen and oxygen atoms in total. The Morgan fingerprint density at radius 3 is 2.86 bits per heavy atom. The molecular formula is C22H25ClN4O2. The summed E-state index contributed by atoms with van der Waals surface area (Å²) in [5.74, 6) is 0.796. The van der Waals surface area contributed by atoms with Gasteiger partial charge in [-0.3, -0.25) is 0 Å². The molecule has 7 heteroatoms. The first kappa shape index (κ1) is 20.7. The second-order valence-corrected chi connectivity index (χ2v) is 6.99.